The van der Waals surface area contributed by atoms with Crippen molar-refractivity contribution in [2.45, 2.75) is 25.7 Å². The standard InChI is InChI=1S/C26H24N2O2/c29-25(16-9-17-26-27-19-24(30-26)21-12-5-2-6-13-21)28-23-15-8-7-14-22(23)18-20-10-3-1-4-11-20/h1-8,10-15,19H,9,16-18H2,(H,28,29). The number of anilines is 1. The van der Waals surface area contributed by atoms with Crippen LogP contribution in [0.5, 0.6) is 0 Å². The summed E-state index contributed by atoms with van der Waals surface area (Å²) in [7, 11) is 0. The van der Waals surface area contributed by atoms with Gasteiger partial charge in [-0.15, -0.1) is 0 Å². The molecule has 0 radical (unpaired) electrons. The lowest BCUT2D eigenvalue weighted by Gasteiger charge is -2.11. The lowest BCUT2D eigenvalue weighted by molar-refractivity contribution is -0.116. The molecule has 1 amide bonds. The predicted molar refractivity (Wildman–Crippen MR) is 119 cm³/mol. The molecular formula is C26H24N2O2. The number of aryl methyl sites for hydroxylation is 1. The van der Waals surface area contributed by atoms with Crippen LogP contribution in [0.1, 0.15) is 29.9 Å². The molecule has 4 rings (SSSR count). The molecule has 4 heteroatoms. The Morgan fingerprint density at radius 1 is 0.867 bits per heavy atom. The summed E-state index contributed by atoms with van der Waals surface area (Å²) in [6.45, 7) is 0. The molecule has 0 bridgehead atoms. The third kappa shape index (κ3) is 5.23. The van der Waals surface area contributed by atoms with Crippen LogP contribution in [0.15, 0.2) is 95.5 Å². The van der Waals surface area contributed by atoms with Crippen LogP contribution >= 0.6 is 0 Å². The van der Waals surface area contributed by atoms with E-state index < -0.39 is 0 Å². The van der Waals surface area contributed by atoms with E-state index in [4.69, 9.17) is 4.42 Å². The van der Waals surface area contributed by atoms with Crippen molar-refractivity contribution in [2.24, 2.45) is 0 Å². The van der Waals surface area contributed by atoms with Crippen molar-refractivity contribution in [1.82, 2.24) is 4.98 Å². The van der Waals surface area contributed by atoms with Crippen LogP contribution in [0.4, 0.5) is 5.69 Å². The molecule has 30 heavy (non-hydrogen) atoms. The highest BCUT2D eigenvalue weighted by molar-refractivity contribution is 5.91. The van der Waals surface area contributed by atoms with Gasteiger partial charge >= 0.3 is 0 Å². The summed E-state index contributed by atoms with van der Waals surface area (Å²) >= 11 is 0. The molecule has 0 saturated heterocycles. The number of oxazole rings is 1. The van der Waals surface area contributed by atoms with Gasteiger partial charge in [-0.2, -0.15) is 0 Å². The molecule has 0 unspecified atom stereocenters. The third-order valence-corrected chi connectivity index (χ3v) is 4.94. The largest absolute Gasteiger partial charge is 0.441 e. The topological polar surface area (TPSA) is 55.1 Å². The number of nitrogens with one attached hydrogen (secondary N) is 1. The summed E-state index contributed by atoms with van der Waals surface area (Å²) < 4.78 is 5.81. The molecule has 0 saturated carbocycles. The maximum absolute atomic E-state index is 12.5. The van der Waals surface area contributed by atoms with Crippen molar-refractivity contribution in [1.29, 1.82) is 0 Å². The zero-order chi connectivity index (χ0) is 20.6. The van der Waals surface area contributed by atoms with Crippen molar-refractivity contribution < 1.29 is 9.21 Å². The Hall–Kier alpha value is -3.66. The molecule has 1 aromatic heterocycles. The van der Waals surface area contributed by atoms with Crippen LogP contribution in [0.3, 0.4) is 0 Å². The van der Waals surface area contributed by atoms with Gasteiger partial charge in [0, 0.05) is 24.1 Å². The van der Waals surface area contributed by atoms with E-state index in [1.165, 1.54) is 5.56 Å². The van der Waals surface area contributed by atoms with Crippen LogP contribution in [0.2, 0.25) is 0 Å². The highest BCUT2D eigenvalue weighted by atomic mass is 16.4. The highest BCUT2D eigenvalue weighted by Crippen LogP contribution is 2.21. The fraction of sp³-hybridized carbons (Fsp3) is 0.154. The van der Waals surface area contributed by atoms with Crippen molar-refractivity contribution in [3.63, 3.8) is 0 Å². The molecule has 0 aliphatic rings. The SMILES string of the molecule is O=C(CCCc1ncc(-c2ccccc2)o1)Nc1ccccc1Cc1ccccc1. The zero-order valence-electron chi connectivity index (χ0n) is 16.8. The first kappa shape index (κ1) is 19.6. The Morgan fingerprint density at radius 2 is 1.57 bits per heavy atom. The molecular weight excluding hydrogens is 372 g/mol. The maximum Gasteiger partial charge on any atom is 0.224 e. The molecule has 150 valence electrons. The maximum atomic E-state index is 12.5. The fourth-order valence-electron chi connectivity index (χ4n) is 3.39. The van der Waals surface area contributed by atoms with Gasteiger partial charge in [-0.1, -0.05) is 78.9 Å². The number of aromatic nitrogens is 1. The zero-order valence-corrected chi connectivity index (χ0v) is 16.8. The van der Waals surface area contributed by atoms with E-state index in [1.54, 1.807) is 6.20 Å². The van der Waals surface area contributed by atoms with Crippen molar-refractivity contribution in [3.05, 3.63) is 108 Å². The summed E-state index contributed by atoms with van der Waals surface area (Å²) in [6, 6.07) is 28.1. The van der Waals surface area contributed by atoms with Gasteiger partial charge in [0.2, 0.25) is 5.91 Å². The number of benzene rings is 3. The van der Waals surface area contributed by atoms with Crippen LogP contribution in [-0.4, -0.2) is 10.9 Å². The normalized spacial score (nSPS) is 10.7. The number of hydrogen-bond donors (Lipinski definition) is 1. The minimum atomic E-state index is 0.00495. The summed E-state index contributed by atoms with van der Waals surface area (Å²) in [6.07, 6.45) is 4.26. The van der Waals surface area contributed by atoms with E-state index in [-0.39, 0.29) is 5.91 Å². The average molecular weight is 396 g/mol. The molecule has 0 aliphatic carbocycles. The summed E-state index contributed by atoms with van der Waals surface area (Å²) in [5.41, 5.74) is 4.20. The van der Waals surface area contributed by atoms with Gasteiger partial charge in [-0.3, -0.25) is 4.79 Å². The van der Waals surface area contributed by atoms with Gasteiger partial charge in [-0.25, -0.2) is 4.98 Å². The number of carbonyl (C=O) groups excluding carboxylic acids is 1. The van der Waals surface area contributed by atoms with Crippen molar-refractivity contribution in [3.8, 4) is 11.3 Å². The molecule has 1 N–H and O–H groups in total. The molecule has 1 heterocycles. The first-order chi connectivity index (χ1) is 14.8. The van der Waals surface area contributed by atoms with E-state index in [9.17, 15) is 4.79 Å². The van der Waals surface area contributed by atoms with Gasteiger partial charge in [0.1, 0.15) is 0 Å². The van der Waals surface area contributed by atoms with Crippen LogP contribution in [-0.2, 0) is 17.6 Å². The number of carbonyl (C=O) groups is 1. The smallest absolute Gasteiger partial charge is 0.224 e. The van der Waals surface area contributed by atoms with Crippen LogP contribution in [0.25, 0.3) is 11.3 Å². The molecule has 0 fully saturated rings. The average Bonchev–Trinajstić information content (AvgIpc) is 3.25. The Bertz CT molecular complexity index is 1090. The number of rotatable bonds is 8. The lowest BCUT2D eigenvalue weighted by atomic mass is 10.0. The molecule has 0 spiro atoms. The van der Waals surface area contributed by atoms with Gasteiger partial charge in [0.15, 0.2) is 11.7 Å². The van der Waals surface area contributed by atoms with Gasteiger partial charge in [0.05, 0.1) is 6.20 Å². The number of para-hydroxylation sites is 1. The van der Waals surface area contributed by atoms with E-state index in [0.29, 0.717) is 25.2 Å². The lowest BCUT2D eigenvalue weighted by Crippen LogP contribution is -2.13. The molecule has 4 nitrogen and oxygen atoms in total. The first-order valence-electron chi connectivity index (χ1n) is 10.2. The molecule has 4 aromatic rings. The minimum Gasteiger partial charge on any atom is -0.441 e. The Balaban J connectivity index is 1.30. The summed E-state index contributed by atoms with van der Waals surface area (Å²) in [5.74, 6) is 1.42. The second-order valence-electron chi connectivity index (χ2n) is 7.21. The number of amides is 1. The number of hydrogen-bond acceptors (Lipinski definition) is 3. The molecule has 0 atom stereocenters. The van der Waals surface area contributed by atoms with E-state index in [1.807, 2.05) is 66.7 Å². The van der Waals surface area contributed by atoms with Crippen molar-refractivity contribution in [2.75, 3.05) is 5.32 Å². The van der Waals surface area contributed by atoms with Crippen molar-refractivity contribution >= 4 is 11.6 Å². The van der Waals surface area contributed by atoms with E-state index in [0.717, 1.165) is 29.0 Å². The Morgan fingerprint density at radius 3 is 2.37 bits per heavy atom. The highest BCUT2D eigenvalue weighted by Gasteiger charge is 2.10. The van der Waals surface area contributed by atoms with Crippen LogP contribution in [0, 0.1) is 0 Å². The van der Waals surface area contributed by atoms with Crippen LogP contribution < -0.4 is 5.32 Å². The third-order valence-electron chi connectivity index (χ3n) is 4.94. The first-order valence-corrected chi connectivity index (χ1v) is 10.2. The molecule has 3 aromatic carbocycles. The Kier molecular flexibility index (Phi) is 6.35. The van der Waals surface area contributed by atoms with E-state index >= 15 is 0 Å². The van der Waals surface area contributed by atoms with Gasteiger partial charge < -0.3 is 9.73 Å². The second-order valence-corrected chi connectivity index (χ2v) is 7.21. The van der Waals surface area contributed by atoms with E-state index in [2.05, 4.69) is 28.5 Å². The quantitative estimate of drug-likeness (QED) is 0.404. The monoisotopic (exact) mass is 396 g/mol. The minimum absolute atomic E-state index is 0.00495. The fourth-order valence-corrected chi connectivity index (χ4v) is 3.39. The number of nitrogens with zero attached hydrogens (tertiary/aromatic N) is 1. The van der Waals surface area contributed by atoms with Gasteiger partial charge in [0.25, 0.3) is 0 Å². The van der Waals surface area contributed by atoms with Gasteiger partial charge in [-0.05, 0) is 30.0 Å². The summed E-state index contributed by atoms with van der Waals surface area (Å²) in [5, 5.41) is 3.06. The Labute approximate surface area is 176 Å². The second kappa shape index (κ2) is 9.70. The molecule has 0 aliphatic heterocycles. The summed E-state index contributed by atoms with van der Waals surface area (Å²) in [4.78, 5) is 16.8. The predicted octanol–water partition coefficient (Wildman–Crippen LogP) is 5.89.